The van der Waals surface area contributed by atoms with Gasteiger partial charge in [-0.25, -0.2) is 13.2 Å². The van der Waals surface area contributed by atoms with Gasteiger partial charge in [0.15, 0.2) is 0 Å². The zero-order valence-electron chi connectivity index (χ0n) is 18.7. The van der Waals surface area contributed by atoms with E-state index in [-0.39, 0.29) is 11.5 Å². The first-order valence-corrected chi connectivity index (χ1v) is 11.9. The van der Waals surface area contributed by atoms with Crippen molar-refractivity contribution >= 4 is 33.3 Å². The van der Waals surface area contributed by atoms with Crippen LogP contribution in [0.2, 0.25) is 0 Å². The number of sulfonamides is 1. The number of carbonyl (C=O) groups excluding carboxylic acids is 2. The zero-order valence-corrected chi connectivity index (χ0v) is 19.6. The van der Waals surface area contributed by atoms with Gasteiger partial charge in [-0.3, -0.25) is 9.10 Å². The van der Waals surface area contributed by atoms with Gasteiger partial charge in [0.05, 0.1) is 22.8 Å². The van der Waals surface area contributed by atoms with Gasteiger partial charge in [0, 0.05) is 5.69 Å². The van der Waals surface area contributed by atoms with Crippen LogP contribution in [-0.4, -0.2) is 33.4 Å². The van der Waals surface area contributed by atoms with Crippen LogP contribution in [-0.2, 0) is 19.6 Å². The van der Waals surface area contributed by atoms with Crippen molar-refractivity contribution in [2.75, 3.05) is 22.8 Å². The monoisotopic (exact) mass is 466 g/mol. The Bertz CT molecular complexity index is 1240. The summed E-state index contributed by atoms with van der Waals surface area (Å²) < 4.78 is 32.9. The summed E-state index contributed by atoms with van der Waals surface area (Å²) in [6, 6.07) is 19.6. The molecule has 3 rings (SSSR count). The van der Waals surface area contributed by atoms with Crippen molar-refractivity contribution in [3.8, 4) is 0 Å². The molecular formula is C25H26N2O5S. The molecule has 8 heteroatoms. The lowest BCUT2D eigenvalue weighted by Crippen LogP contribution is -2.38. The number of carbonyl (C=O) groups is 2. The molecule has 0 atom stereocenters. The summed E-state index contributed by atoms with van der Waals surface area (Å²) in [4.78, 5) is 24.8. The van der Waals surface area contributed by atoms with Crippen LogP contribution in [0.4, 0.5) is 11.4 Å². The van der Waals surface area contributed by atoms with Gasteiger partial charge in [-0.05, 0) is 68.8 Å². The highest BCUT2D eigenvalue weighted by molar-refractivity contribution is 7.92. The summed E-state index contributed by atoms with van der Waals surface area (Å²) in [6.07, 6.45) is 0. The van der Waals surface area contributed by atoms with Gasteiger partial charge in [-0.2, -0.15) is 0 Å². The molecule has 7 nitrogen and oxygen atoms in total. The van der Waals surface area contributed by atoms with Crippen molar-refractivity contribution in [1.29, 1.82) is 0 Å². The van der Waals surface area contributed by atoms with Crippen molar-refractivity contribution in [3.05, 3.63) is 89.5 Å². The third-order valence-corrected chi connectivity index (χ3v) is 6.69. The largest absolute Gasteiger partial charge is 0.462 e. The predicted octanol–water partition coefficient (Wildman–Crippen LogP) is 4.31. The Hall–Kier alpha value is -3.65. The van der Waals surface area contributed by atoms with Crippen LogP contribution in [0.1, 0.15) is 28.4 Å². The number of aryl methyl sites for hydroxylation is 2. The van der Waals surface area contributed by atoms with Crippen LogP contribution in [0.25, 0.3) is 0 Å². The van der Waals surface area contributed by atoms with Crippen molar-refractivity contribution in [2.24, 2.45) is 0 Å². The van der Waals surface area contributed by atoms with Gasteiger partial charge in [-0.1, -0.05) is 35.9 Å². The predicted molar refractivity (Wildman–Crippen MR) is 128 cm³/mol. The topological polar surface area (TPSA) is 92.8 Å². The Morgan fingerprint density at radius 1 is 0.939 bits per heavy atom. The van der Waals surface area contributed by atoms with Gasteiger partial charge in [0.2, 0.25) is 5.91 Å². The summed E-state index contributed by atoms with van der Waals surface area (Å²) in [6.45, 7) is 5.29. The fraction of sp³-hybridized carbons (Fsp3) is 0.200. The van der Waals surface area contributed by atoms with Gasteiger partial charge in [0.25, 0.3) is 10.0 Å². The highest BCUT2D eigenvalue weighted by atomic mass is 32.2. The third-order valence-electron chi connectivity index (χ3n) is 4.92. The molecule has 33 heavy (non-hydrogen) atoms. The van der Waals surface area contributed by atoms with Crippen LogP contribution in [0.3, 0.4) is 0 Å². The van der Waals surface area contributed by atoms with Gasteiger partial charge in [0.1, 0.15) is 6.54 Å². The van der Waals surface area contributed by atoms with Crippen LogP contribution in [0.5, 0.6) is 0 Å². The molecule has 0 saturated carbocycles. The van der Waals surface area contributed by atoms with E-state index >= 15 is 0 Å². The quantitative estimate of drug-likeness (QED) is 0.499. The molecule has 0 aliphatic rings. The minimum atomic E-state index is -3.99. The molecule has 3 aromatic rings. The Kier molecular flexibility index (Phi) is 7.50. The molecule has 0 aliphatic heterocycles. The number of esters is 1. The minimum absolute atomic E-state index is 0.0940. The van der Waals surface area contributed by atoms with Crippen LogP contribution >= 0.6 is 0 Å². The lowest BCUT2D eigenvalue weighted by atomic mass is 10.1. The SMILES string of the molecule is CCOC(=O)c1ccc(NC(=O)CN(c2ccc(C)cc2C)S(=O)(=O)c2ccccc2)cc1. The molecule has 1 N–H and O–H groups in total. The van der Waals surface area contributed by atoms with Crippen LogP contribution < -0.4 is 9.62 Å². The highest BCUT2D eigenvalue weighted by Gasteiger charge is 2.28. The molecule has 1 amide bonds. The number of amides is 1. The summed E-state index contributed by atoms with van der Waals surface area (Å²) >= 11 is 0. The minimum Gasteiger partial charge on any atom is -0.462 e. The second kappa shape index (κ2) is 10.3. The zero-order chi connectivity index (χ0) is 24.0. The molecular weight excluding hydrogens is 440 g/mol. The summed E-state index contributed by atoms with van der Waals surface area (Å²) in [5.41, 5.74) is 2.95. The van der Waals surface area contributed by atoms with Crippen molar-refractivity contribution < 1.29 is 22.7 Å². The number of hydrogen-bond donors (Lipinski definition) is 1. The molecule has 0 aromatic heterocycles. The maximum absolute atomic E-state index is 13.4. The van der Waals surface area contributed by atoms with E-state index in [0.717, 1.165) is 15.4 Å². The Morgan fingerprint density at radius 2 is 1.61 bits per heavy atom. The molecule has 0 bridgehead atoms. The van der Waals surface area contributed by atoms with E-state index in [9.17, 15) is 18.0 Å². The average Bonchev–Trinajstić information content (AvgIpc) is 2.79. The normalized spacial score (nSPS) is 11.0. The summed E-state index contributed by atoms with van der Waals surface area (Å²) in [5.74, 6) is -0.969. The van der Waals surface area contributed by atoms with Crippen molar-refractivity contribution in [1.82, 2.24) is 0 Å². The molecule has 0 fully saturated rings. The number of nitrogens with one attached hydrogen (secondary N) is 1. The standard InChI is InChI=1S/C25H26N2O5S/c1-4-32-25(29)20-11-13-21(14-12-20)26-24(28)17-27(23-15-10-18(2)16-19(23)3)33(30,31)22-8-6-5-7-9-22/h5-16H,4,17H2,1-3H3,(H,26,28). The highest BCUT2D eigenvalue weighted by Crippen LogP contribution is 2.27. The fourth-order valence-corrected chi connectivity index (χ4v) is 4.85. The van der Waals surface area contributed by atoms with E-state index in [0.29, 0.717) is 16.9 Å². The fourth-order valence-electron chi connectivity index (χ4n) is 3.34. The number of rotatable bonds is 8. The first-order chi connectivity index (χ1) is 15.7. The summed E-state index contributed by atoms with van der Waals surface area (Å²) in [7, 11) is -3.99. The molecule has 0 saturated heterocycles. The molecule has 0 spiro atoms. The number of anilines is 2. The number of benzene rings is 3. The van der Waals surface area contributed by atoms with Gasteiger partial charge >= 0.3 is 5.97 Å². The lowest BCUT2D eigenvalue weighted by Gasteiger charge is -2.26. The second-order valence-electron chi connectivity index (χ2n) is 7.46. The summed E-state index contributed by atoms with van der Waals surface area (Å²) in [5, 5.41) is 2.70. The Labute approximate surface area is 194 Å². The maximum atomic E-state index is 13.4. The van der Waals surface area contributed by atoms with Gasteiger partial charge < -0.3 is 10.1 Å². The smallest absolute Gasteiger partial charge is 0.338 e. The first kappa shape index (κ1) is 24.0. The molecule has 0 radical (unpaired) electrons. The number of ether oxygens (including phenoxy) is 1. The van der Waals surface area contributed by atoms with Gasteiger partial charge in [-0.15, -0.1) is 0 Å². The van der Waals surface area contributed by atoms with E-state index in [2.05, 4.69) is 5.32 Å². The van der Waals surface area contributed by atoms with E-state index < -0.39 is 28.4 Å². The van der Waals surface area contributed by atoms with Crippen molar-refractivity contribution in [2.45, 2.75) is 25.7 Å². The molecule has 0 unspecified atom stereocenters. The van der Waals surface area contributed by atoms with Crippen LogP contribution in [0, 0.1) is 13.8 Å². The molecule has 172 valence electrons. The number of hydrogen-bond acceptors (Lipinski definition) is 5. The third kappa shape index (κ3) is 5.78. The average molecular weight is 467 g/mol. The van der Waals surface area contributed by atoms with E-state index in [4.69, 9.17) is 4.74 Å². The molecule has 0 aliphatic carbocycles. The van der Waals surface area contributed by atoms with Crippen molar-refractivity contribution in [3.63, 3.8) is 0 Å². The maximum Gasteiger partial charge on any atom is 0.338 e. The number of nitrogens with zero attached hydrogens (tertiary/aromatic N) is 1. The van der Waals surface area contributed by atoms with E-state index in [1.165, 1.54) is 24.3 Å². The second-order valence-corrected chi connectivity index (χ2v) is 9.32. The first-order valence-electron chi connectivity index (χ1n) is 10.4. The Morgan fingerprint density at radius 3 is 2.21 bits per heavy atom. The van der Waals surface area contributed by atoms with E-state index in [1.807, 2.05) is 26.0 Å². The lowest BCUT2D eigenvalue weighted by molar-refractivity contribution is -0.114. The molecule has 3 aromatic carbocycles. The van der Waals surface area contributed by atoms with Crippen LogP contribution in [0.15, 0.2) is 77.7 Å². The van der Waals surface area contributed by atoms with E-state index in [1.54, 1.807) is 43.3 Å². The Balaban J connectivity index is 1.87. The molecule has 0 heterocycles.